The summed E-state index contributed by atoms with van der Waals surface area (Å²) in [7, 11) is 0. The predicted octanol–water partition coefficient (Wildman–Crippen LogP) is 3.05. The molecule has 2 aromatic rings. The van der Waals surface area contributed by atoms with Crippen LogP contribution in [0.2, 0.25) is 0 Å². The Bertz CT molecular complexity index is 609. The molecule has 1 N–H and O–H groups in total. The molecular formula is C13H10N2O3. The second-order valence-corrected chi connectivity index (χ2v) is 3.56. The zero-order valence-electron chi connectivity index (χ0n) is 9.35. The quantitative estimate of drug-likeness (QED) is 0.510. The van der Waals surface area contributed by atoms with E-state index in [0.29, 0.717) is 11.3 Å². The van der Waals surface area contributed by atoms with Crippen LogP contribution >= 0.6 is 0 Å². The first-order chi connectivity index (χ1) is 8.68. The SMILES string of the molecule is O=[N+]([O-])c1ccccc1C=Nc1ccccc1O. The van der Waals surface area contributed by atoms with Gasteiger partial charge in [0.05, 0.1) is 10.5 Å². The first-order valence-corrected chi connectivity index (χ1v) is 5.24. The molecule has 2 aromatic carbocycles. The van der Waals surface area contributed by atoms with Crippen molar-refractivity contribution in [1.82, 2.24) is 0 Å². The van der Waals surface area contributed by atoms with Crippen molar-refractivity contribution in [1.29, 1.82) is 0 Å². The third kappa shape index (κ3) is 2.52. The van der Waals surface area contributed by atoms with Crippen molar-refractivity contribution in [2.45, 2.75) is 0 Å². The van der Waals surface area contributed by atoms with Crippen LogP contribution in [0, 0.1) is 10.1 Å². The van der Waals surface area contributed by atoms with Gasteiger partial charge >= 0.3 is 0 Å². The summed E-state index contributed by atoms with van der Waals surface area (Å²) in [6.45, 7) is 0. The van der Waals surface area contributed by atoms with Crippen molar-refractivity contribution in [3.63, 3.8) is 0 Å². The zero-order chi connectivity index (χ0) is 13.0. The first kappa shape index (κ1) is 11.8. The normalized spacial score (nSPS) is 10.7. The van der Waals surface area contributed by atoms with Gasteiger partial charge in [0.25, 0.3) is 5.69 Å². The number of hydrogen-bond acceptors (Lipinski definition) is 4. The number of phenols is 1. The molecule has 5 nitrogen and oxygen atoms in total. The number of nitrogens with zero attached hydrogens (tertiary/aromatic N) is 2. The van der Waals surface area contributed by atoms with Gasteiger partial charge in [-0.25, -0.2) is 0 Å². The minimum Gasteiger partial charge on any atom is -0.506 e. The topological polar surface area (TPSA) is 75.7 Å². The molecule has 5 heteroatoms. The molecule has 90 valence electrons. The molecule has 0 atom stereocenters. The molecule has 0 aliphatic carbocycles. The molecule has 0 radical (unpaired) electrons. The Morgan fingerprint density at radius 1 is 1.11 bits per heavy atom. The van der Waals surface area contributed by atoms with Gasteiger partial charge in [-0.15, -0.1) is 0 Å². The van der Waals surface area contributed by atoms with Crippen molar-refractivity contribution in [2.75, 3.05) is 0 Å². The van der Waals surface area contributed by atoms with Crippen LogP contribution in [0.15, 0.2) is 53.5 Å². The highest BCUT2D eigenvalue weighted by Crippen LogP contribution is 2.25. The maximum Gasteiger partial charge on any atom is 0.278 e. The average molecular weight is 242 g/mol. The molecule has 0 aliphatic heterocycles. The summed E-state index contributed by atoms with van der Waals surface area (Å²) in [4.78, 5) is 14.4. The summed E-state index contributed by atoms with van der Waals surface area (Å²) in [5.41, 5.74) is 0.748. The van der Waals surface area contributed by atoms with E-state index in [9.17, 15) is 15.2 Å². The van der Waals surface area contributed by atoms with E-state index < -0.39 is 4.92 Å². The fraction of sp³-hybridized carbons (Fsp3) is 0. The van der Waals surface area contributed by atoms with E-state index in [-0.39, 0.29) is 11.4 Å². The molecule has 0 aliphatic rings. The van der Waals surface area contributed by atoms with Crippen LogP contribution in [0.4, 0.5) is 11.4 Å². The standard InChI is InChI=1S/C13H10N2O3/c16-13-8-4-2-6-11(13)14-9-10-5-1-3-7-12(10)15(17)18/h1-9,16H. The van der Waals surface area contributed by atoms with E-state index in [1.807, 2.05) is 0 Å². The van der Waals surface area contributed by atoms with Crippen LogP contribution in [-0.4, -0.2) is 16.2 Å². The Morgan fingerprint density at radius 2 is 1.78 bits per heavy atom. The van der Waals surface area contributed by atoms with Crippen molar-refractivity contribution in [3.8, 4) is 5.75 Å². The number of phenolic OH excluding ortho intramolecular Hbond substituents is 1. The summed E-state index contributed by atoms with van der Waals surface area (Å²) < 4.78 is 0. The third-order valence-electron chi connectivity index (χ3n) is 2.36. The lowest BCUT2D eigenvalue weighted by molar-refractivity contribution is -0.385. The molecule has 0 aromatic heterocycles. The summed E-state index contributed by atoms with van der Waals surface area (Å²) in [5.74, 6) is 0.0346. The van der Waals surface area contributed by atoms with Gasteiger partial charge in [-0.2, -0.15) is 0 Å². The van der Waals surface area contributed by atoms with Crippen molar-refractivity contribution < 1.29 is 10.0 Å². The molecule has 0 spiro atoms. The van der Waals surface area contributed by atoms with Gasteiger partial charge in [-0.1, -0.05) is 24.3 Å². The van der Waals surface area contributed by atoms with Gasteiger partial charge < -0.3 is 5.11 Å². The summed E-state index contributed by atoms with van der Waals surface area (Å²) in [6.07, 6.45) is 1.37. The molecule has 0 unspecified atom stereocenters. The maximum absolute atomic E-state index is 10.8. The monoisotopic (exact) mass is 242 g/mol. The Labute approximate surface area is 103 Å². The Morgan fingerprint density at radius 3 is 2.50 bits per heavy atom. The van der Waals surface area contributed by atoms with Gasteiger partial charge in [0, 0.05) is 12.3 Å². The van der Waals surface area contributed by atoms with Crippen LogP contribution in [0.25, 0.3) is 0 Å². The predicted molar refractivity (Wildman–Crippen MR) is 68.5 cm³/mol. The number of aromatic hydroxyl groups is 1. The minimum atomic E-state index is -0.466. The van der Waals surface area contributed by atoms with Gasteiger partial charge in [0.2, 0.25) is 0 Å². The number of nitro groups is 1. The Kier molecular flexibility index (Phi) is 3.33. The van der Waals surface area contributed by atoms with Crippen molar-refractivity contribution in [2.24, 2.45) is 4.99 Å². The van der Waals surface area contributed by atoms with E-state index in [1.165, 1.54) is 18.3 Å². The molecule has 0 amide bonds. The zero-order valence-corrected chi connectivity index (χ0v) is 9.35. The number of nitro benzene ring substituents is 1. The molecule has 0 saturated heterocycles. The highest BCUT2D eigenvalue weighted by molar-refractivity contribution is 5.87. The summed E-state index contributed by atoms with van der Waals surface area (Å²) in [5, 5.41) is 20.3. The summed E-state index contributed by atoms with van der Waals surface area (Å²) >= 11 is 0. The fourth-order valence-corrected chi connectivity index (χ4v) is 1.48. The van der Waals surface area contributed by atoms with Gasteiger partial charge in [0.15, 0.2) is 0 Å². The number of hydrogen-bond donors (Lipinski definition) is 1. The number of rotatable bonds is 3. The van der Waals surface area contributed by atoms with Crippen LogP contribution < -0.4 is 0 Å². The smallest absolute Gasteiger partial charge is 0.278 e. The molecular weight excluding hydrogens is 232 g/mol. The molecule has 0 fully saturated rings. The molecule has 0 bridgehead atoms. The Hall–Kier alpha value is -2.69. The van der Waals surface area contributed by atoms with Crippen LogP contribution in [0.5, 0.6) is 5.75 Å². The van der Waals surface area contributed by atoms with Crippen molar-refractivity contribution in [3.05, 3.63) is 64.2 Å². The highest BCUT2D eigenvalue weighted by Gasteiger charge is 2.09. The third-order valence-corrected chi connectivity index (χ3v) is 2.36. The molecule has 0 heterocycles. The van der Waals surface area contributed by atoms with E-state index in [0.717, 1.165) is 0 Å². The lowest BCUT2D eigenvalue weighted by Crippen LogP contribution is -1.93. The second kappa shape index (κ2) is 5.09. The second-order valence-electron chi connectivity index (χ2n) is 3.56. The molecule has 18 heavy (non-hydrogen) atoms. The number of para-hydroxylation sites is 3. The van der Waals surface area contributed by atoms with Crippen LogP contribution in [0.3, 0.4) is 0 Å². The van der Waals surface area contributed by atoms with E-state index in [2.05, 4.69) is 4.99 Å². The number of benzene rings is 2. The minimum absolute atomic E-state index is 0.0170. The van der Waals surface area contributed by atoms with E-state index >= 15 is 0 Å². The Balaban J connectivity index is 2.35. The molecule has 0 saturated carbocycles. The van der Waals surface area contributed by atoms with E-state index in [1.54, 1.807) is 36.4 Å². The molecule has 2 rings (SSSR count). The van der Waals surface area contributed by atoms with Gasteiger partial charge in [0.1, 0.15) is 11.4 Å². The van der Waals surface area contributed by atoms with Gasteiger partial charge in [-0.05, 0) is 18.2 Å². The maximum atomic E-state index is 10.8. The van der Waals surface area contributed by atoms with Crippen LogP contribution in [-0.2, 0) is 0 Å². The average Bonchev–Trinajstić information content (AvgIpc) is 2.38. The largest absolute Gasteiger partial charge is 0.506 e. The number of aliphatic imine (C=N–C) groups is 1. The van der Waals surface area contributed by atoms with Crippen molar-refractivity contribution >= 4 is 17.6 Å². The lowest BCUT2D eigenvalue weighted by Gasteiger charge is -1.98. The summed E-state index contributed by atoms with van der Waals surface area (Å²) in [6, 6.07) is 12.8. The fourth-order valence-electron chi connectivity index (χ4n) is 1.48. The highest BCUT2D eigenvalue weighted by atomic mass is 16.6. The first-order valence-electron chi connectivity index (χ1n) is 5.24. The lowest BCUT2D eigenvalue weighted by atomic mass is 10.2. The van der Waals surface area contributed by atoms with Gasteiger partial charge in [-0.3, -0.25) is 15.1 Å². The van der Waals surface area contributed by atoms with Crippen LogP contribution in [0.1, 0.15) is 5.56 Å². The van der Waals surface area contributed by atoms with E-state index in [4.69, 9.17) is 0 Å².